The summed E-state index contributed by atoms with van der Waals surface area (Å²) in [6.07, 6.45) is 0. The molecule has 1 heterocycles. The number of thioether (sulfide) groups is 1. The van der Waals surface area contributed by atoms with Crippen LogP contribution in [0.2, 0.25) is 0 Å². The zero-order valence-electron chi connectivity index (χ0n) is 16.2. The first-order valence-corrected chi connectivity index (χ1v) is 10.4. The summed E-state index contributed by atoms with van der Waals surface area (Å²) in [6.45, 7) is 0. The van der Waals surface area contributed by atoms with Gasteiger partial charge in [-0.1, -0.05) is 30.3 Å². The van der Waals surface area contributed by atoms with Crippen LogP contribution in [-0.2, 0) is 4.79 Å². The third-order valence-corrected chi connectivity index (χ3v) is 5.97. The van der Waals surface area contributed by atoms with Crippen molar-refractivity contribution in [3.8, 4) is 5.75 Å². The van der Waals surface area contributed by atoms with Gasteiger partial charge in [-0.25, -0.2) is 4.39 Å². The lowest BCUT2D eigenvalue weighted by molar-refractivity contribution is -0.115. The first-order chi connectivity index (χ1) is 14.6. The predicted molar refractivity (Wildman–Crippen MR) is 116 cm³/mol. The molecule has 0 spiro atoms. The standard InChI is InChI=1S/C23H19FN2O3S/c1-29-20-8-3-2-7-19(20)26-21(27)14-30-23(26)15-9-11-18(12-10-15)25-22(28)16-5-4-6-17(24)13-16/h2-13,23H,14H2,1H3,(H,25,28)/t23-/m1/s1. The van der Waals surface area contributed by atoms with E-state index in [1.54, 1.807) is 30.2 Å². The molecule has 0 aliphatic carbocycles. The number of carbonyl (C=O) groups is 2. The van der Waals surface area contributed by atoms with Crippen LogP contribution in [0, 0.1) is 5.82 Å². The molecule has 3 aromatic carbocycles. The van der Waals surface area contributed by atoms with Crippen molar-refractivity contribution < 1.29 is 18.7 Å². The maximum atomic E-state index is 13.3. The molecule has 5 nitrogen and oxygen atoms in total. The summed E-state index contributed by atoms with van der Waals surface area (Å²) in [4.78, 5) is 26.6. The summed E-state index contributed by atoms with van der Waals surface area (Å²) in [6, 6.07) is 20.3. The van der Waals surface area contributed by atoms with Gasteiger partial charge in [0.15, 0.2) is 0 Å². The highest BCUT2D eigenvalue weighted by Gasteiger charge is 2.35. The quantitative estimate of drug-likeness (QED) is 0.638. The largest absolute Gasteiger partial charge is 0.495 e. The molecule has 1 aliphatic heterocycles. The maximum Gasteiger partial charge on any atom is 0.255 e. The minimum atomic E-state index is -0.461. The Hall–Kier alpha value is -3.32. The van der Waals surface area contributed by atoms with E-state index in [2.05, 4.69) is 5.32 Å². The smallest absolute Gasteiger partial charge is 0.255 e. The number of halogens is 1. The summed E-state index contributed by atoms with van der Waals surface area (Å²) in [5, 5.41) is 2.57. The van der Waals surface area contributed by atoms with Gasteiger partial charge < -0.3 is 10.1 Å². The van der Waals surface area contributed by atoms with Crippen LogP contribution in [0.1, 0.15) is 21.3 Å². The highest BCUT2D eigenvalue weighted by atomic mass is 32.2. The van der Waals surface area contributed by atoms with Gasteiger partial charge in [0.05, 0.1) is 18.6 Å². The van der Waals surface area contributed by atoms with Crippen molar-refractivity contribution in [1.82, 2.24) is 0 Å². The fourth-order valence-corrected chi connectivity index (χ4v) is 4.49. The number of para-hydroxylation sites is 2. The molecular weight excluding hydrogens is 403 g/mol. The number of benzene rings is 3. The van der Waals surface area contributed by atoms with Gasteiger partial charge in [0.1, 0.15) is 16.9 Å². The van der Waals surface area contributed by atoms with Gasteiger partial charge in [-0.2, -0.15) is 0 Å². The highest BCUT2D eigenvalue weighted by molar-refractivity contribution is 8.00. The van der Waals surface area contributed by atoms with Crippen molar-refractivity contribution in [2.45, 2.75) is 5.37 Å². The van der Waals surface area contributed by atoms with Gasteiger partial charge in [-0.05, 0) is 48.0 Å². The molecule has 7 heteroatoms. The summed E-state index contributed by atoms with van der Waals surface area (Å²) in [7, 11) is 1.58. The number of hydrogen-bond acceptors (Lipinski definition) is 4. The Balaban J connectivity index is 1.54. The van der Waals surface area contributed by atoms with Crippen molar-refractivity contribution in [1.29, 1.82) is 0 Å². The lowest BCUT2D eigenvalue weighted by Gasteiger charge is -2.26. The molecule has 0 radical (unpaired) electrons. The Kier molecular flexibility index (Phi) is 5.72. The van der Waals surface area contributed by atoms with E-state index in [9.17, 15) is 14.0 Å². The molecule has 1 saturated heterocycles. The summed E-state index contributed by atoms with van der Waals surface area (Å²) >= 11 is 1.54. The Morgan fingerprint density at radius 1 is 1.10 bits per heavy atom. The zero-order valence-corrected chi connectivity index (χ0v) is 17.0. The molecule has 1 N–H and O–H groups in total. The average Bonchev–Trinajstić information content (AvgIpc) is 3.15. The molecule has 0 unspecified atom stereocenters. The fraction of sp³-hybridized carbons (Fsp3) is 0.130. The monoisotopic (exact) mass is 422 g/mol. The van der Waals surface area contributed by atoms with Gasteiger partial charge >= 0.3 is 0 Å². The van der Waals surface area contributed by atoms with Gasteiger partial charge in [0.25, 0.3) is 5.91 Å². The average molecular weight is 422 g/mol. The zero-order chi connectivity index (χ0) is 21.1. The Morgan fingerprint density at radius 2 is 1.87 bits per heavy atom. The van der Waals surface area contributed by atoms with E-state index in [1.165, 1.54) is 30.0 Å². The number of anilines is 2. The van der Waals surface area contributed by atoms with E-state index < -0.39 is 5.82 Å². The van der Waals surface area contributed by atoms with Gasteiger partial charge in [-0.3, -0.25) is 14.5 Å². The molecule has 1 aliphatic rings. The van der Waals surface area contributed by atoms with E-state index in [0.717, 1.165) is 11.3 Å². The van der Waals surface area contributed by atoms with Crippen LogP contribution >= 0.6 is 11.8 Å². The minimum absolute atomic E-state index is 0.0120. The van der Waals surface area contributed by atoms with E-state index in [4.69, 9.17) is 4.74 Å². The number of carbonyl (C=O) groups excluding carboxylic acids is 2. The van der Waals surface area contributed by atoms with Crippen molar-refractivity contribution >= 4 is 35.0 Å². The van der Waals surface area contributed by atoms with Gasteiger partial charge in [-0.15, -0.1) is 11.8 Å². The van der Waals surface area contributed by atoms with Crippen LogP contribution < -0.4 is 15.0 Å². The molecule has 1 fully saturated rings. The van der Waals surface area contributed by atoms with Crippen molar-refractivity contribution in [2.24, 2.45) is 0 Å². The van der Waals surface area contributed by atoms with Crippen LogP contribution in [0.5, 0.6) is 5.75 Å². The number of methoxy groups -OCH3 is 1. The third-order valence-electron chi connectivity index (χ3n) is 4.75. The molecule has 30 heavy (non-hydrogen) atoms. The van der Waals surface area contributed by atoms with Crippen LogP contribution in [-0.4, -0.2) is 24.7 Å². The molecule has 0 bridgehead atoms. The maximum absolute atomic E-state index is 13.3. The number of ether oxygens (including phenoxy) is 1. The van der Waals surface area contributed by atoms with Crippen LogP contribution in [0.3, 0.4) is 0 Å². The molecule has 2 amide bonds. The number of rotatable bonds is 5. The molecule has 1 atom stereocenters. The Bertz CT molecular complexity index is 1090. The normalized spacial score (nSPS) is 15.9. The van der Waals surface area contributed by atoms with Crippen molar-refractivity contribution in [2.75, 3.05) is 23.1 Å². The second-order valence-corrected chi connectivity index (χ2v) is 7.75. The van der Waals surface area contributed by atoms with E-state index in [-0.39, 0.29) is 22.8 Å². The summed E-state index contributed by atoms with van der Waals surface area (Å²) < 4.78 is 18.8. The van der Waals surface area contributed by atoms with E-state index in [0.29, 0.717) is 17.2 Å². The Labute approximate surface area is 177 Å². The molecule has 0 aromatic heterocycles. The molecule has 3 aromatic rings. The van der Waals surface area contributed by atoms with Gasteiger partial charge in [0.2, 0.25) is 5.91 Å². The summed E-state index contributed by atoms with van der Waals surface area (Å²) in [5.74, 6) is 0.178. The van der Waals surface area contributed by atoms with Gasteiger partial charge in [0, 0.05) is 11.3 Å². The minimum Gasteiger partial charge on any atom is -0.495 e. The van der Waals surface area contributed by atoms with Crippen LogP contribution in [0.4, 0.5) is 15.8 Å². The third kappa shape index (κ3) is 4.02. The molecule has 4 rings (SSSR count). The number of nitrogens with one attached hydrogen (secondary N) is 1. The van der Waals surface area contributed by atoms with Crippen molar-refractivity contribution in [3.05, 3.63) is 89.7 Å². The highest BCUT2D eigenvalue weighted by Crippen LogP contribution is 2.44. The van der Waals surface area contributed by atoms with Crippen LogP contribution in [0.15, 0.2) is 72.8 Å². The number of nitrogens with zero attached hydrogens (tertiary/aromatic N) is 1. The number of hydrogen-bond donors (Lipinski definition) is 1. The fourth-order valence-electron chi connectivity index (χ4n) is 3.32. The lowest BCUT2D eigenvalue weighted by Crippen LogP contribution is -2.28. The first kappa shape index (κ1) is 20.0. The topological polar surface area (TPSA) is 58.6 Å². The molecular formula is C23H19FN2O3S. The second-order valence-electron chi connectivity index (χ2n) is 6.69. The number of amides is 2. The van der Waals surface area contributed by atoms with E-state index in [1.807, 2.05) is 36.4 Å². The SMILES string of the molecule is COc1ccccc1N1C(=O)CS[C@@H]1c1ccc(NC(=O)c2cccc(F)c2)cc1. The lowest BCUT2D eigenvalue weighted by atomic mass is 10.1. The van der Waals surface area contributed by atoms with Crippen molar-refractivity contribution in [3.63, 3.8) is 0 Å². The predicted octanol–water partition coefficient (Wildman–Crippen LogP) is 4.87. The Morgan fingerprint density at radius 3 is 2.60 bits per heavy atom. The first-order valence-electron chi connectivity index (χ1n) is 9.30. The van der Waals surface area contributed by atoms with E-state index >= 15 is 0 Å². The second kappa shape index (κ2) is 8.59. The molecule has 0 saturated carbocycles. The summed E-state index contributed by atoms with van der Waals surface area (Å²) in [5.41, 5.74) is 2.49. The molecule has 152 valence electrons. The van der Waals surface area contributed by atoms with Crippen LogP contribution in [0.25, 0.3) is 0 Å².